The Balaban J connectivity index is 0.00000256. The number of rotatable bonds is 3. The van der Waals surface area contributed by atoms with Crippen molar-refractivity contribution >= 4 is 18.4 Å². The maximum Gasteiger partial charge on any atom is 0.573 e. The van der Waals surface area contributed by atoms with E-state index >= 15 is 0 Å². The molecule has 3 N–H and O–H groups in total. The third-order valence-corrected chi connectivity index (χ3v) is 1.72. The predicted octanol–water partition coefficient (Wildman–Crippen LogP) is 2.09. The number of hydrogen-bond acceptors (Lipinski definition) is 3. The maximum absolute atomic E-state index is 11.9. The smallest absolute Gasteiger partial charge is 0.480 e. The Bertz CT molecular complexity index is 397. The maximum atomic E-state index is 11.9. The highest BCUT2D eigenvalue weighted by Gasteiger charge is 2.31. The standard InChI is InChI=1S/C9H8F3NO3.ClH/c10-9(11,12)16-6-3-1-2-5(4-6)7(13)8(14)15;/h1-4,7H,13H2,(H,14,15);1H/t7-;/m0./s1. The molecule has 1 atom stereocenters. The summed E-state index contributed by atoms with van der Waals surface area (Å²) in [5.74, 6) is -1.83. The number of aliphatic carboxylic acids is 1. The third-order valence-electron chi connectivity index (χ3n) is 1.72. The summed E-state index contributed by atoms with van der Waals surface area (Å²) < 4.78 is 39.2. The minimum atomic E-state index is -4.81. The second-order valence-electron chi connectivity index (χ2n) is 2.94. The van der Waals surface area contributed by atoms with Crippen LogP contribution in [0.15, 0.2) is 24.3 Å². The molecule has 0 aliphatic carbocycles. The van der Waals surface area contributed by atoms with Crippen molar-refractivity contribution in [3.63, 3.8) is 0 Å². The number of carbonyl (C=O) groups is 1. The van der Waals surface area contributed by atoms with E-state index in [2.05, 4.69) is 4.74 Å². The van der Waals surface area contributed by atoms with E-state index in [1.807, 2.05) is 0 Å². The van der Waals surface area contributed by atoms with Crippen molar-refractivity contribution in [2.75, 3.05) is 0 Å². The molecule has 0 saturated heterocycles. The van der Waals surface area contributed by atoms with Gasteiger partial charge in [0.2, 0.25) is 0 Å². The van der Waals surface area contributed by atoms with Crippen molar-refractivity contribution in [3.8, 4) is 5.75 Å². The van der Waals surface area contributed by atoms with E-state index in [1.165, 1.54) is 12.1 Å². The molecule has 0 bridgehead atoms. The second kappa shape index (κ2) is 5.74. The van der Waals surface area contributed by atoms with Crippen LogP contribution in [0.4, 0.5) is 13.2 Å². The lowest BCUT2D eigenvalue weighted by Gasteiger charge is -2.11. The summed E-state index contributed by atoms with van der Waals surface area (Å²) in [4.78, 5) is 10.5. The number of carboxylic acid groups (broad SMARTS) is 1. The summed E-state index contributed by atoms with van der Waals surface area (Å²) in [6, 6.07) is 3.16. The van der Waals surface area contributed by atoms with Crippen molar-refractivity contribution in [1.82, 2.24) is 0 Å². The lowest BCUT2D eigenvalue weighted by molar-refractivity contribution is -0.274. The van der Waals surface area contributed by atoms with Crippen LogP contribution in [0.1, 0.15) is 11.6 Å². The first-order valence-corrected chi connectivity index (χ1v) is 4.13. The summed E-state index contributed by atoms with van der Waals surface area (Å²) in [5, 5.41) is 8.57. The Morgan fingerprint density at radius 2 is 2.00 bits per heavy atom. The quantitative estimate of drug-likeness (QED) is 0.883. The average Bonchev–Trinajstić information content (AvgIpc) is 2.14. The summed E-state index contributed by atoms with van der Waals surface area (Å²) in [6.07, 6.45) is -4.81. The first kappa shape index (κ1) is 15.5. The molecule has 1 aromatic carbocycles. The van der Waals surface area contributed by atoms with Gasteiger partial charge in [0.1, 0.15) is 11.8 Å². The molecule has 0 aliphatic rings. The van der Waals surface area contributed by atoms with Crippen LogP contribution in [-0.2, 0) is 4.79 Å². The van der Waals surface area contributed by atoms with Crippen LogP contribution in [0.5, 0.6) is 5.75 Å². The molecule has 4 nitrogen and oxygen atoms in total. The van der Waals surface area contributed by atoms with Gasteiger partial charge in [-0.1, -0.05) is 12.1 Å². The average molecular weight is 272 g/mol. The van der Waals surface area contributed by atoms with E-state index in [4.69, 9.17) is 10.8 Å². The molecular formula is C9H9ClF3NO3. The molecule has 0 aliphatic heterocycles. The molecule has 0 heterocycles. The number of hydrogen-bond donors (Lipinski definition) is 2. The molecule has 0 unspecified atom stereocenters. The SMILES string of the molecule is Cl.N[C@H](C(=O)O)c1cccc(OC(F)(F)F)c1. The lowest BCUT2D eigenvalue weighted by Crippen LogP contribution is -2.21. The van der Waals surface area contributed by atoms with Gasteiger partial charge in [-0.2, -0.15) is 0 Å². The number of ether oxygens (including phenoxy) is 1. The van der Waals surface area contributed by atoms with Gasteiger partial charge < -0.3 is 15.6 Å². The molecule has 0 amide bonds. The van der Waals surface area contributed by atoms with Crippen LogP contribution in [0.2, 0.25) is 0 Å². The summed E-state index contributed by atoms with van der Waals surface area (Å²) >= 11 is 0. The number of carboxylic acids is 1. The van der Waals surface area contributed by atoms with Crippen LogP contribution in [0, 0.1) is 0 Å². The van der Waals surface area contributed by atoms with Gasteiger partial charge in [0, 0.05) is 0 Å². The van der Waals surface area contributed by atoms with E-state index in [0.717, 1.165) is 12.1 Å². The minimum Gasteiger partial charge on any atom is -0.480 e. The molecule has 96 valence electrons. The van der Waals surface area contributed by atoms with Crippen LogP contribution in [0.3, 0.4) is 0 Å². The summed E-state index contributed by atoms with van der Waals surface area (Å²) in [6.45, 7) is 0. The molecule has 0 spiro atoms. The lowest BCUT2D eigenvalue weighted by atomic mass is 10.1. The largest absolute Gasteiger partial charge is 0.573 e. The van der Waals surface area contributed by atoms with Gasteiger partial charge in [0.05, 0.1) is 0 Å². The van der Waals surface area contributed by atoms with E-state index in [0.29, 0.717) is 0 Å². The van der Waals surface area contributed by atoms with Crippen molar-refractivity contribution in [2.45, 2.75) is 12.4 Å². The molecule has 17 heavy (non-hydrogen) atoms. The highest BCUT2D eigenvalue weighted by atomic mass is 35.5. The van der Waals surface area contributed by atoms with Gasteiger partial charge >= 0.3 is 12.3 Å². The number of nitrogens with two attached hydrogens (primary N) is 1. The van der Waals surface area contributed by atoms with Crippen LogP contribution < -0.4 is 10.5 Å². The van der Waals surface area contributed by atoms with Gasteiger partial charge in [0.25, 0.3) is 0 Å². The van der Waals surface area contributed by atoms with Crippen LogP contribution in [0.25, 0.3) is 0 Å². The Morgan fingerprint density at radius 1 is 1.41 bits per heavy atom. The molecule has 0 fully saturated rings. The highest BCUT2D eigenvalue weighted by Crippen LogP contribution is 2.24. The number of halogens is 4. The van der Waals surface area contributed by atoms with Crippen molar-refractivity contribution in [1.29, 1.82) is 0 Å². The van der Waals surface area contributed by atoms with E-state index < -0.39 is 24.1 Å². The third kappa shape index (κ3) is 4.92. The molecule has 0 saturated carbocycles. The fraction of sp³-hybridized carbons (Fsp3) is 0.222. The molecule has 0 aromatic heterocycles. The summed E-state index contributed by atoms with van der Waals surface area (Å²) in [5.41, 5.74) is 5.27. The first-order valence-electron chi connectivity index (χ1n) is 4.13. The van der Waals surface area contributed by atoms with Crippen molar-refractivity contribution < 1.29 is 27.8 Å². The molecular weight excluding hydrogens is 263 g/mol. The first-order chi connectivity index (χ1) is 7.29. The monoisotopic (exact) mass is 271 g/mol. The van der Waals surface area contributed by atoms with E-state index in [-0.39, 0.29) is 18.0 Å². The van der Waals surface area contributed by atoms with Gasteiger partial charge in [-0.15, -0.1) is 25.6 Å². The van der Waals surface area contributed by atoms with Gasteiger partial charge in [-0.3, -0.25) is 4.79 Å². The molecule has 1 aromatic rings. The zero-order valence-electron chi connectivity index (χ0n) is 8.27. The van der Waals surface area contributed by atoms with E-state index in [1.54, 1.807) is 0 Å². The predicted molar refractivity (Wildman–Crippen MR) is 54.9 cm³/mol. The van der Waals surface area contributed by atoms with Gasteiger partial charge in [0.15, 0.2) is 0 Å². The highest BCUT2D eigenvalue weighted by molar-refractivity contribution is 5.85. The topological polar surface area (TPSA) is 72.6 Å². The Hall–Kier alpha value is -1.47. The molecule has 8 heteroatoms. The van der Waals surface area contributed by atoms with E-state index in [9.17, 15) is 18.0 Å². The molecule has 0 radical (unpaired) electrons. The fourth-order valence-corrected chi connectivity index (χ4v) is 1.05. The number of benzene rings is 1. The Morgan fingerprint density at radius 3 is 2.47 bits per heavy atom. The normalized spacial score (nSPS) is 12.5. The number of alkyl halides is 3. The summed E-state index contributed by atoms with van der Waals surface area (Å²) in [7, 11) is 0. The minimum absolute atomic E-state index is 0. The van der Waals surface area contributed by atoms with Crippen molar-refractivity contribution in [2.24, 2.45) is 5.73 Å². The fourth-order valence-electron chi connectivity index (χ4n) is 1.05. The Labute approximate surface area is 101 Å². The zero-order chi connectivity index (χ0) is 12.3. The van der Waals surface area contributed by atoms with Crippen molar-refractivity contribution in [3.05, 3.63) is 29.8 Å². The van der Waals surface area contributed by atoms with Crippen LogP contribution in [-0.4, -0.2) is 17.4 Å². The van der Waals surface area contributed by atoms with Gasteiger partial charge in [-0.05, 0) is 17.7 Å². The zero-order valence-corrected chi connectivity index (χ0v) is 9.09. The van der Waals surface area contributed by atoms with Crippen LogP contribution >= 0.6 is 12.4 Å². The second-order valence-corrected chi connectivity index (χ2v) is 2.94. The Kier molecular flexibility index (Phi) is 5.24. The molecule has 1 rings (SSSR count). The van der Waals surface area contributed by atoms with Gasteiger partial charge in [-0.25, -0.2) is 0 Å².